The highest BCUT2D eigenvalue weighted by Crippen LogP contribution is 2.28. The molecule has 0 spiro atoms. The summed E-state index contributed by atoms with van der Waals surface area (Å²) < 4.78 is 0. The van der Waals surface area contributed by atoms with Crippen LogP contribution in [0.3, 0.4) is 0 Å². The SMILES string of the molecule is CCCN(CCC(=O)NCCC(c1ccccc1)c1ccccc1)C(=O)CC(C)CC(C)(C)C. The number of nitrogens with zero attached hydrogens (tertiary/aromatic N) is 1. The van der Waals surface area contributed by atoms with Gasteiger partial charge in [-0.25, -0.2) is 0 Å². The van der Waals surface area contributed by atoms with Gasteiger partial charge >= 0.3 is 0 Å². The number of carbonyl (C=O) groups is 2. The molecule has 0 radical (unpaired) electrons. The van der Waals surface area contributed by atoms with E-state index in [0.29, 0.717) is 38.4 Å². The van der Waals surface area contributed by atoms with Crippen LogP contribution in [0, 0.1) is 11.3 Å². The molecule has 0 fully saturated rings. The second kappa shape index (κ2) is 13.9. The quantitative estimate of drug-likeness (QED) is 0.372. The van der Waals surface area contributed by atoms with Crippen LogP contribution in [0.5, 0.6) is 0 Å². The number of nitrogens with one attached hydrogen (secondary N) is 1. The van der Waals surface area contributed by atoms with Crippen LogP contribution in [-0.4, -0.2) is 36.3 Å². The van der Waals surface area contributed by atoms with Gasteiger partial charge in [-0.1, -0.05) is 95.3 Å². The first-order valence-corrected chi connectivity index (χ1v) is 12.8. The van der Waals surface area contributed by atoms with Crippen molar-refractivity contribution in [2.24, 2.45) is 11.3 Å². The molecule has 0 saturated carbocycles. The van der Waals surface area contributed by atoms with E-state index in [1.54, 1.807) is 0 Å². The van der Waals surface area contributed by atoms with Crippen molar-refractivity contribution in [1.29, 1.82) is 0 Å². The Bertz CT molecular complexity index is 819. The molecule has 186 valence electrons. The zero-order chi connectivity index (χ0) is 25.0. The monoisotopic (exact) mass is 464 g/mol. The summed E-state index contributed by atoms with van der Waals surface area (Å²) in [7, 11) is 0. The van der Waals surface area contributed by atoms with Crippen molar-refractivity contribution in [3.8, 4) is 0 Å². The van der Waals surface area contributed by atoms with Gasteiger partial charge in [-0.2, -0.15) is 0 Å². The molecule has 0 aliphatic carbocycles. The second-order valence-electron chi connectivity index (χ2n) is 10.7. The maximum absolute atomic E-state index is 12.9. The maximum atomic E-state index is 12.9. The zero-order valence-corrected chi connectivity index (χ0v) is 21.8. The normalized spacial score (nSPS) is 12.4. The first kappa shape index (κ1) is 27.6. The smallest absolute Gasteiger partial charge is 0.222 e. The minimum atomic E-state index is 0.0107. The summed E-state index contributed by atoms with van der Waals surface area (Å²) in [5, 5.41) is 3.08. The predicted molar refractivity (Wildman–Crippen MR) is 142 cm³/mol. The van der Waals surface area contributed by atoms with E-state index in [9.17, 15) is 9.59 Å². The van der Waals surface area contributed by atoms with Gasteiger partial charge in [-0.3, -0.25) is 9.59 Å². The third-order valence-electron chi connectivity index (χ3n) is 6.10. The summed E-state index contributed by atoms with van der Waals surface area (Å²) in [6.45, 7) is 12.7. The highest BCUT2D eigenvalue weighted by Gasteiger charge is 2.21. The highest BCUT2D eigenvalue weighted by atomic mass is 16.2. The Morgan fingerprint density at radius 2 is 1.47 bits per heavy atom. The molecule has 0 heterocycles. The van der Waals surface area contributed by atoms with Gasteiger partial charge in [-0.05, 0) is 41.7 Å². The Hall–Kier alpha value is -2.62. The molecule has 1 atom stereocenters. The summed E-state index contributed by atoms with van der Waals surface area (Å²) in [5.41, 5.74) is 2.73. The van der Waals surface area contributed by atoms with Gasteiger partial charge < -0.3 is 10.2 Å². The summed E-state index contributed by atoms with van der Waals surface area (Å²) in [6.07, 6.45) is 3.65. The molecule has 2 amide bonds. The van der Waals surface area contributed by atoms with Crippen LogP contribution in [0.4, 0.5) is 0 Å². The first-order chi connectivity index (χ1) is 16.2. The van der Waals surface area contributed by atoms with Gasteiger partial charge in [0, 0.05) is 38.4 Å². The van der Waals surface area contributed by atoms with Crippen LogP contribution in [0.15, 0.2) is 60.7 Å². The fourth-order valence-electron chi connectivity index (χ4n) is 4.75. The Kier molecular flexibility index (Phi) is 11.3. The first-order valence-electron chi connectivity index (χ1n) is 12.8. The minimum Gasteiger partial charge on any atom is -0.356 e. The lowest BCUT2D eigenvalue weighted by Crippen LogP contribution is -2.37. The number of hydrogen-bond donors (Lipinski definition) is 1. The second-order valence-corrected chi connectivity index (χ2v) is 10.7. The van der Waals surface area contributed by atoms with E-state index in [4.69, 9.17) is 0 Å². The lowest BCUT2D eigenvalue weighted by atomic mass is 9.84. The van der Waals surface area contributed by atoms with E-state index < -0.39 is 0 Å². The molecule has 2 rings (SSSR count). The van der Waals surface area contributed by atoms with E-state index in [1.807, 2.05) is 17.0 Å². The highest BCUT2D eigenvalue weighted by molar-refractivity contribution is 5.79. The van der Waals surface area contributed by atoms with Crippen LogP contribution < -0.4 is 5.32 Å². The van der Waals surface area contributed by atoms with Gasteiger partial charge in [0.2, 0.25) is 11.8 Å². The molecule has 0 aromatic heterocycles. The Morgan fingerprint density at radius 1 is 0.912 bits per heavy atom. The fraction of sp³-hybridized carbons (Fsp3) is 0.533. The Labute approximate surface area is 207 Å². The van der Waals surface area contributed by atoms with Crippen LogP contribution in [0.25, 0.3) is 0 Å². The molecule has 0 bridgehead atoms. The third kappa shape index (κ3) is 10.1. The van der Waals surface area contributed by atoms with Crippen LogP contribution in [0.2, 0.25) is 0 Å². The molecule has 1 N–H and O–H groups in total. The molecule has 0 aliphatic rings. The van der Waals surface area contributed by atoms with Crippen molar-refractivity contribution in [3.05, 3.63) is 71.8 Å². The van der Waals surface area contributed by atoms with Crippen molar-refractivity contribution in [2.75, 3.05) is 19.6 Å². The van der Waals surface area contributed by atoms with E-state index in [0.717, 1.165) is 19.3 Å². The van der Waals surface area contributed by atoms with Gasteiger partial charge in [-0.15, -0.1) is 0 Å². The number of amides is 2. The van der Waals surface area contributed by atoms with Crippen molar-refractivity contribution < 1.29 is 9.59 Å². The van der Waals surface area contributed by atoms with Crippen molar-refractivity contribution in [1.82, 2.24) is 10.2 Å². The molecule has 0 saturated heterocycles. The summed E-state index contributed by atoms with van der Waals surface area (Å²) in [5.74, 6) is 0.759. The van der Waals surface area contributed by atoms with Gasteiger partial charge in [0.05, 0.1) is 0 Å². The molecule has 4 nitrogen and oxygen atoms in total. The minimum absolute atomic E-state index is 0.0107. The third-order valence-corrected chi connectivity index (χ3v) is 6.10. The average molecular weight is 465 g/mol. The maximum Gasteiger partial charge on any atom is 0.222 e. The Balaban J connectivity index is 1.85. The van der Waals surface area contributed by atoms with E-state index >= 15 is 0 Å². The summed E-state index contributed by atoms with van der Waals surface area (Å²) in [4.78, 5) is 27.3. The average Bonchev–Trinajstić information content (AvgIpc) is 2.79. The lowest BCUT2D eigenvalue weighted by Gasteiger charge is -2.27. The molecule has 0 aliphatic heterocycles. The predicted octanol–water partition coefficient (Wildman–Crippen LogP) is 6.42. The van der Waals surface area contributed by atoms with Crippen molar-refractivity contribution in [3.63, 3.8) is 0 Å². The lowest BCUT2D eigenvalue weighted by molar-refractivity contribution is -0.133. The van der Waals surface area contributed by atoms with Gasteiger partial charge in [0.15, 0.2) is 0 Å². The molecular formula is C30H44N2O2. The Morgan fingerprint density at radius 3 is 1.97 bits per heavy atom. The van der Waals surface area contributed by atoms with Crippen molar-refractivity contribution in [2.45, 2.75) is 72.6 Å². The fourth-order valence-corrected chi connectivity index (χ4v) is 4.75. The molecular weight excluding hydrogens is 420 g/mol. The molecule has 2 aromatic rings. The summed E-state index contributed by atoms with van der Waals surface area (Å²) in [6, 6.07) is 20.9. The van der Waals surface area contributed by atoms with E-state index in [-0.39, 0.29) is 23.1 Å². The molecule has 34 heavy (non-hydrogen) atoms. The van der Waals surface area contributed by atoms with Crippen LogP contribution in [0.1, 0.15) is 83.8 Å². The topological polar surface area (TPSA) is 49.4 Å². The van der Waals surface area contributed by atoms with E-state index in [1.165, 1.54) is 11.1 Å². The van der Waals surface area contributed by atoms with Gasteiger partial charge in [0.25, 0.3) is 0 Å². The summed E-state index contributed by atoms with van der Waals surface area (Å²) >= 11 is 0. The molecule has 1 unspecified atom stereocenters. The number of carbonyl (C=O) groups excluding carboxylic acids is 2. The molecule has 2 aromatic carbocycles. The standard InChI is InChI=1S/C30H44N2O2/c1-6-20-32(29(34)22-24(2)23-30(3,4)5)21-18-28(33)31-19-17-27(25-13-9-7-10-14-25)26-15-11-8-12-16-26/h7-16,24,27H,6,17-23H2,1-5H3,(H,31,33). The van der Waals surface area contributed by atoms with Crippen LogP contribution >= 0.6 is 0 Å². The van der Waals surface area contributed by atoms with Crippen molar-refractivity contribution >= 4 is 11.8 Å². The largest absolute Gasteiger partial charge is 0.356 e. The zero-order valence-electron chi connectivity index (χ0n) is 21.8. The van der Waals surface area contributed by atoms with E-state index in [2.05, 4.69) is 88.5 Å². The number of hydrogen-bond acceptors (Lipinski definition) is 2. The molecule has 4 heteroatoms. The van der Waals surface area contributed by atoms with Gasteiger partial charge in [0.1, 0.15) is 0 Å². The number of rotatable bonds is 13. The number of benzene rings is 2. The van der Waals surface area contributed by atoms with Crippen LogP contribution in [-0.2, 0) is 9.59 Å².